The summed E-state index contributed by atoms with van der Waals surface area (Å²) in [7, 11) is 3.80. The highest BCUT2D eigenvalue weighted by atomic mass is 32.1. The molecule has 0 spiro atoms. The molecule has 1 unspecified atom stereocenters. The van der Waals surface area contributed by atoms with E-state index in [9.17, 15) is 4.79 Å². The molecule has 0 saturated carbocycles. The van der Waals surface area contributed by atoms with Crippen LogP contribution in [-0.2, 0) is 19.5 Å². The van der Waals surface area contributed by atoms with Gasteiger partial charge in [-0.15, -0.1) is 11.3 Å². The molecule has 0 bridgehead atoms. The third-order valence-corrected chi connectivity index (χ3v) is 8.24. The maximum atomic E-state index is 14.0. The third kappa shape index (κ3) is 3.81. The van der Waals surface area contributed by atoms with Crippen molar-refractivity contribution in [2.24, 2.45) is 0 Å². The average molecular weight is 485 g/mol. The maximum Gasteiger partial charge on any atom is 0.323 e. The Labute approximate surface area is 209 Å². The minimum absolute atomic E-state index is 0.142. The summed E-state index contributed by atoms with van der Waals surface area (Å²) in [6.45, 7) is 2.54. The van der Waals surface area contributed by atoms with E-state index in [1.165, 1.54) is 21.0 Å². The third-order valence-electron chi connectivity index (χ3n) is 6.98. The van der Waals surface area contributed by atoms with Gasteiger partial charge in [-0.3, -0.25) is 0 Å². The molecular formula is C28H28N4O2S. The number of rotatable bonds is 3. The highest BCUT2D eigenvalue weighted by Gasteiger charge is 2.36. The first-order chi connectivity index (χ1) is 17.1. The average Bonchev–Trinajstić information content (AvgIpc) is 3.46. The number of ether oxygens (including phenoxy) is 1. The zero-order chi connectivity index (χ0) is 23.9. The first-order valence-corrected chi connectivity index (χ1v) is 12.7. The van der Waals surface area contributed by atoms with Gasteiger partial charge < -0.3 is 24.4 Å². The molecule has 4 heterocycles. The van der Waals surface area contributed by atoms with Crippen LogP contribution in [0, 0.1) is 0 Å². The fraction of sp³-hybridized carbons (Fsp3) is 0.250. The predicted molar refractivity (Wildman–Crippen MR) is 140 cm³/mol. The molecule has 2 aromatic carbocycles. The molecule has 0 fully saturated rings. The number of amides is 2. The quantitative estimate of drug-likeness (QED) is 0.408. The van der Waals surface area contributed by atoms with Crippen molar-refractivity contribution in [1.82, 2.24) is 14.4 Å². The van der Waals surface area contributed by atoms with Gasteiger partial charge in [-0.05, 0) is 48.9 Å². The van der Waals surface area contributed by atoms with Crippen LogP contribution in [0.1, 0.15) is 33.3 Å². The van der Waals surface area contributed by atoms with Crippen molar-refractivity contribution in [2.45, 2.75) is 25.6 Å². The summed E-state index contributed by atoms with van der Waals surface area (Å²) in [5.41, 5.74) is 5.53. The molecule has 178 valence electrons. The standard InChI is InChI=1S/C28H28N4O2S/c1-30-16-14-20-21-17-32(28(33)29-22-11-6-7-13-24(22)34-2)26(19-9-4-3-5-10-19)23-12-8-15-31(23)27(21)35-25(20)18-30/h3-13,15,26H,14,16-18H2,1-2H3,(H,29,33). The van der Waals surface area contributed by atoms with Crippen LogP contribution < -0.4 is 10.1 Å². The first-order valence-electron chi connectivity index (χ1n) is 11.9. The Kier molecular flexibility index (Phi) is 5.59. The molecule has 4 aromatic rings. The van der Waals surface area contributed by atoms with Gasteiger partial charge in [0.2, 0.25) is 0 Å². The van der Waals surface area contributed by atoms with Crippen LogP contribution in [-0.4, -0.2) is 41.1 Å². The van der Waals surface area contributed by atoms with E-state index in [0.29, 0.717) is 18.0 Å². The summed E-state index contributed by atoms with van der Waals surface area (Å²) in [5.74, 6) is 0.645. The number of hydrogen-bond acceptors (Lipinski definition) is 4. The molecule has 2 aliphatic heterocycles. The van der Waals surface area contributed by atoms with E-state index in [1.807, 2.05) is 58.7 Å². The van der Waals surface area contributed by atoms with Crippen LogP contribution in [0.2, 0.25) is 0 Å². The summed E-state index contributed by atoms with van der Waals surface area (Å²) in [6, 6.07) is 21.7. The molecule has 7 heteroatoms. The Morgan fingerprint density at radius 3 is 2.63 bits per heavy atom. The van der Waals surface area contributed by atoms with Gasteiger partial charge >= 0.3 is 6.03 Å². The van der Waals surface area contributed by atoms with Crippen LogP contribution in [0.15, 0.2) is 72.9 Å². The number of hydrogen-bond donors (Lipinski definition) is 1. The highest BCUT2D eigenvalue weighted by molar-refractivity contribution is 7.15. The topological polar surface area (TPSA) is 49.7 Å². The van der Waals surface area contributed by atoms with E-state index in [2.05, 4.69) is 52.3 Å². The normalized spacial score (nSPS) is 17.2. The fourth-order valence-electron chi connectivity index (χ4n) is 5.27. The summed E-state index contributed by atoms with van der Waals surface area (Å²) >= 11 is 1.87. The predicted octanol–water partition coefficient (Wildman–Crippen LogP) is 5.67. The van der Waals surface area contributed by atoms with Gasteiger partial charge in [-0.1, -0.05) is 42.5 Å². The number of methoxy groups -OCH3 is 1. The molecular weight excluding hydrogens is 456 g/mol. The van der Waals surface area contributed by atoms with E-state index >= 15 is 0 Å². The number of nitrogens with one attached hydrogen (secondary N) is 1. The van der Waals surface area contributed by atoms with E-state index in [1.54, 1.807) is 7.11 Å². The molecule has 2 aromatic heterocycles. The van der Waals surface area contributed by atoms with Gasteiger partial charge in [-0.25, -0.2) is 4.79 Å². The van der Waals surface area contributed by atoms with E-state index in [4.69, 9.17) is 4.74 Å². The zero-order valence-corrected chi connectivity index (χ0v) is 20.7. The summed E-state index contributed by atoms with van der Waals surface area (Å²) < 4.78 is 7.80. The second kappa shape index (κ2) is 8.91. The number of fused-ring (bicyclic) bond motifs is 5. The van der Waals surface area contributed by atoms with Crippen molar-refractivity contribution in [3.05, 3.63) is 100 Å². The molecule has 0 radical (unpaired) electrons. The van der Waals surface area contributed by atoms with Crippen LogP contribution in [0.5, 0.6) is 5.75 Å². The molecule has 2 amide bonds. The lowest BCUT2D eigenvalue weighted by atomic mass is 10.0. The van der Waals surface area contributed by atoms with Gasteiger partial charge in [-0.2, -0.15) is 0 Å². The van der Waals surface area contributed by atoms with Gasteiger partial charge in [0.25, 0.3) is 0 Å². The van der Waals surface area contributed by atoms with Crippen molar-refractivity contribution < 1.29 is 9.53 Å². The van der Waals surface area contributed by atoms with E-state index in [-0.39, 0.29) is 12.1 Å². The van der Waals surface area contributed by atoms with Crippen molar-refractivity contribution in [3.8, 4) is 10.8 Å². The number of carbonyl (C=O) groups is 1. The molecule has 2 aliphatic rings. The number of carbonyl (C=O) groups excluding carboxylic acids is 1. The number of anilines is 1. The fourth-order valence-corrected chi connectivity index (χ4v) is 6.72. The first kappa shape index (κ1) is 21.9. The lowest BCUT2D eigenvalue weighted by Crippen LogP contribution is -2.38. The number of urea groups is 1. The van der Waals surface area contributed by atoms with Crippen molar-refractivity contribution in [3.63, 3.8) is 0 Å². The Morgan fingerprint density at radius 1 is 1.00 bits per heavy atom. The number of likely N-dealkylation sites (N-methyl/N-ethyl adjacent to an activating group) is 1. The SMILES string of the molecule is COc1ccccc1NC(=O)N1Cc2c(sc3c2CCN(C)C3)-n2cccc2C1c1ccccc1. The highest BCUT2D eigenvalue weighted by Crippen LogP contribution is 2.43. The summed E-state index contributed by atoms with van der Waals surface area (Å²) in [6.07, 6.45) is 3.14. The monoisotopic (exact) mass is 484 g/mol. The lowest BCUT2D eigenvalue weighted by Gasteiger charge is -2.32. The van der Waals surface area contributed by atoms with Crippen molar-refractivity contribution in [2.75, 3.05) is 26.0 Å². The Morgan fingerprint density at radius 2 is 1.80 bits per heavy atom. The summed E-state index contributed by atoms with van der Waals surface area (Å²) in [5, 5.41) is 4.37. The van der Waals surface area contributed by atoms with Crippen LogP contribution >= 0.6 is 11.3 Å². The zero-order valence-electron chi connectivity index (χ0n) is 19.9. The second-order valence-electron chi connectivity index (χ2n) is 9.15. The summed E-state index contributed by atoms with van der Waals surface area (Å²) in [4.78, 5) is 19.8. The molecule has 1 N–H and O–H groups in total. The Hall–Kier alpha value is -3.55. The van der Waals surface area contributed by atoms with Gasteiger partial charge in [0.15, 0.2) is 0 Å². The number of benzene rings is 2. The van der Waals surface area contributed by atoms with Crippen LogP contribution in [0.3, 0.4) is 0 Å². The Bertz CT molecular complexity index is 1380. The smallest absolute Gasteiger partial charge is 0.323 e. The van der Waals surface area contributed by atoms with Gasteiger partial charge in [0.05, 0.1) is 31.1 Å². The minimum atomic E-state index is -0.220. The minimum Gasteiger partial charge on any atom is -0.495 e. The largest absolute Gasteiger partial charge is 0.495 e. The van der Waals surface area contributed by atoms with E-state index in [0.717, 1.165) is 30.8 Å². The molecule has 6 nitrogen and oxygen atoms in total. The lowest BCUT2D eigenvalue weighted by molar-refractivity contribution is 0.194. The number of thiophene rings is 1. The van der Waals surface area contributed by atoms with E-state index < -0.39 is 0 Å². The van der Waals surface area contributed by atoms with Crippen LogP contribution in [0.4, 0.5) is 10.5 Å². The molecule has 6 rings (SSSR count). The Balaban J connectivity index is 1.49. The number of para-hydroxylation sites is 2. The maximum absolute atomic E-state index is 14.0. The van der Waals surface area contributed by atoms with Gasteiger partial charge in [0, 0.05) is 29.7 Å². The number of nitrogens with zero attached hydrogens (tertiary/aromatic N) is 3. The van der Waals surface area contributed by atoms with Crippen molar-refractivity contribution >= 4 is 23.1 Å². The molecule has 0 aliphatic carbocycles. The van der Waals surface area contributed by atoms with Gasteiger partial charge in [0.1, 0.15) is 10.8 Å². The molecule has 35 heavy (non-hydrogen) atoms. The molecule has 0 saturated heterocycles. The van der Waals surface area contributed by atoms with Crippen LogP contribution in [0.25, 0.3) is 5.00 Å². The second-order valence-corrected chi connectivity index (χ2v) is 10.2. The molecule has 1 atom stereocenters. The van der Waals surface area contributed by atoms with Crippen molar-refractivity contribution in [1.29, 1.82) is 0 Å². The number of aromatic nitrogens is 1.